The molecule has 5 heteroatoms. The molecule has 1 fully saturated rings. The van der Waals surface area contributed by atoms with Crippen molar-refractivity contribution in [3.05, 3.63) is 59.7 Å². The molecule has 2 heterocycles. The van der Waals surface area contributed by atoms with E-state index in [0.717, 1.165) is 55.6 Å². The highest BCUT2D eigenvalue weighted by Gasteiger charge is 2.42. The Morgan fingerprint density at radius 1 is 1.00 bits per heavy atom. The number of ketones is 1. The molecule has 3 aliphatic rings. The van der Waals surface area contributed by atoms with Gasteiger partial charge in [-0.15, -0.1) is 0 Å². The van der Waals surface area contributed by atoms with Gasteiger partial charge in [0.05, 0.1) is 17.6 Å². The normalized spacial score (nSPS) is 22.6. The van der Waals surface area contributed by atoms with Crippen LogP contribution in [-0.2, 0) is 9.59 Å². The number of amides is 1. The van der Waals surface area contributed by atoms with E-state index in [0.29, 0.717) is 17.8 Å². The molecule has 1 aliphatic heterocycles. The van der Waals surface area contributed by atoms with Crippen molar-refractivity contribution >= 4 is 23.1 Å². The molecule has 5 rings (SSSR count). The second-order valence-corrected chi connectivity index (χ2v) is 8.27. The van der Waals surface area contributed by atoms with E-state index in [1.807, 2.05) is 41.3 Å². The highest BCUT2D eigenvalue weighted by Crippen LogP contribution is 2.46. The number of hydrogen-bond donors (Lipinski definition) is 1. The van der Waals surface area contributed by atoms with Crippen LogP contribution in [-0.4, -0.2) is 11.7 Å². The summed E-state index contributed by atoms with van der Waals surface area (Å²) in [4.78, 5) is 28.8. The maximum atomic E-state index is 13.9. The lowest BCUT2D eigenvalue weighted by Crippen LogP contribution is -2.41. The third-order valence-corrected chi connectivity index (χ3v) is 6.44. The molecule has 1 aromatic heterocycles. The summed E-state index contributed by atoms with van der Waals surface area (Å²) < 4.78 is 5.80. The first-order chi connectivity index (χ1) is 14.2. The first-order valence-corrected chi connectivity index (χ1v) is 10.7. The minimum atomic E-state index is -0.515. The lowest BCUT2D eigenvalue weighted by atomic mass is 9.85. The number of allylic oxidation sites excluding steroid dienone is 1. The fraction of sp³-hybridized carbons (Fsp3) is 0.417. The van der Waals surface area contributed by atoms with E-state index in [4.69, 9.17) is 4.42 Å². The first kappa shape index (κ1) is 18.2. The molecule has 0 saturated heterocycles. The maximum Gasteiger partial charge on any atom is 0.231 e. The zero-order valence-electron chi connectivity index (χ0n) is 16.5. The van der Waals surface area contributed by atoms with Crippen LogP contribution in [0.1, 0.15) is 63.2 Å². The summed E-state index contributed by atoms with van der Waals surface area (Å²) in [6.45, 7) is 0. The van der Waals surface area contributed by atoms with Gasteiger partial charge in [-0.25, -0.2) is 0 Å². The summed E-state index contributed by atoms with van der Waals surface area (Å²) in [5, 5.41) is 3.49. The molecule has 0 spiro atoms. The Bertz CT molecular complexity index is 954. The molecule has 1 saturated carbocycles. The van der Waals surface area contributed by atoms with Crippen molar-refractivity contribution in [3.8, 4) is 0 Å². The van der Waals surface area contributed by atoms with Crippen molar-refractivity contribution < 1.29 is 14.0 Å². The summed E-state index contributed by atoms with van der Waals surface area (Å²) >= 11 is 0. The standard InChI is InChI=1S/C24H26N2O3/c27-20-13-6-11-18-22(20)23(21-14-7-15-29-21)26(19-12-5-4-10-17(19)25-18)24(28)16-8-2-1-3-9-16/h4-5,7,10,12,14-16,23,25H,1-3,6,8-9,11,13H2. The fourth-order valence-corrected chi connectivity index (χ4v) is 5.04. The SMILES string of the molecule is O=C1CCCC2=C1C(c1ccco1)N(C(=O)C1CCCCC1)c1ccccc1N2. The molecule has 1 atom stereocenters. The molecule has 1 N–H and O–H groups in total. The largest absolute Gasteiger partial charge is 0.467 e. The Morgan fingerprint density at radius 3 is 2.62 bits per heavy atom. The Hall–Kier alpha value is -2.82. The third kappa shape index (κ3) is 3.18. The molecule has 150 valence electrons. The molecule has 2 aliphatic carbocycles. The molecule has 1 amide bonds. The Morgan fingerprint density at radius 2 is 1.83 bits per heavy atom. The van der Waals surface area contributed by atoms with Crippen LogP contribution in [0.2, 0.25) is 0 Å². The van der Waals surface area contributed by atoms with Gasteiger partial charge in [0, 0.05) is 23.6 Å². The van der Waals surface area contributed by atoms with Gasteiger partial charge < -0.3 is 9.73 Å². The van der Waals surface area contributed by atoms with E-state index in [1.165, 1.54) is 6.42 Å². The highest BCUT2D eigenvalue weighted by molar-refractivity contribution is 6.06. The van der Waals surface area contributed by atoms with Gasteiger partial charge in [0.15, 0.2) is 5.78 Å². The lowest BCUT2D eigenvalue weighted by molar-refractivity contribution is -0.123. The number of hydrogen-bond acceptors (Lipinski definition) is 4. The van der Waals surface area contributed by atoms with E-state index in [9.17, 15) is 9.59 Å². The van der Waals surface area contributed by atoms with E-state index in [-0.39, 0.29) is 17.6 Å². The van der Waals surface area contributed by atoms with E-state index >= 15 is 0 Å². The van der Waals surface area contributed by atoms with Gasteiger partial charge >= 0.3 is 0 Å². The van der Waals surface area contributed by atoms with Crippen molar-refractivity contribution in [1.82, 2.24) is 0 Å². The van der Waals surface area contributed by atoms with Gasteiger partial charge in [0.25, 0.3) is 0 Å². The Balaban J connectivity index is 1.70. The van der Waals surface area contributed by atoms with Crippen LogP contribution in [0.15, 0.2) is 58.3 Å². The average molecular weight is 390 g/mol. The van der Waals surface area contributed by atoms with Crippen molar-refractivity contribution in [2.75, 3.05) is 10.2 Å². The number of carbonyl (C=O) groups is 2. The molecular weight excluding hydrogens is 364 g/mol. The monoisotopic (exact) mass is 390 g/mol. The number of para-hydroxylation sites is 2. The number of nitrogens with zero attached hydrogens (tertiary/aromatic N) is 1. The van der Waals surface area contributed by atoms with Crippen molar-refractivity contribution in [1.29, 1.82) is 0 Å². The van der Waals surface area contributed by atoms with Crippen LogP contribution < -0.4 is 10.2 Å². The lowest BCUT2D eigenvalue weighted by Gasteiger charge is -2.35. The number of benzene rings is 1. The summed E-state index contributed by atoms with van der Waals surface area (Å²) in [7, 11) is 0. The van der Waals surface area contributed by atoms with Crippen molar-refractivity contribution in [3.63, 3.8) is 0 Å². The van der Waals surface area contributed by atoms with Crippen LogP contribution in [0.25, 0.3) is 0 Å². The van der Waals surface area contributed by atoms with Gasteiger partial charge in [-0.1, -0.05) is 31.4 Å². The zero-order chi connectivity index (χ0) is 19.8. The molecule has 29 heavy (non-hydrogen) atoms. The second kappa shape index (κ2) is 7.54. The van der Waals surface area contributed by atoms with E-state index in [2.05, 4.69) is 5.32 Å². The number of rotatable bonds is 2. The highest BCUT2D eigenvalue weighted by atomic mass is 16.3. The summed E-state index contributed by atoms with van der Waals surface area (Å²) in [5.74, 6) is 0.854. The Labute approximate surface area is 170 Å². The number of nitrogens with one attached hydrogen (secondary N) is 1. The zero-order valence-corrected chi connectivity index (χ0v) is 16.5. The van der Waals surface area contributed by atoms with Gasteiger partial charge in [-0.2, -0.15) is 0 Å². The van der Waals surface area contributed by atoms with Crippen LogP contribution in [0, 0.1) is 5.92 Å². The van der Waals surface area contributed by atoms with Crippen molar-refractivity contribution in [2.45, 2.75) is 57.4 Å². The summed E-state index contributed by atoms with van der Waals surface area (Å²) in [6, 6.07) is 11.1. The van der Waals surface area contributed by atoms with Crippen LogP contribution in [0.3, 0.4) is 0 Å². The number of furan rings is 1. The maximum absolute atomic E-state index is 13.9. The predicted octanol–water partition coefficient (Wildman–Crippen LogP) is 5.37. The van der Waals surface area contributed by atoms with E-state index in [1.54, 1.807) is 6.26 Å². The van der Waals surface area contributed by atoms with Crippen molar-refractivity contribution in [2.24, 2.45) is 5.92 Å². The smallest absolute Gasteiger partial charge is 0.231 e. The molecular formula is C24H26N2O3. The fourth-order valence-electron chi connectivity index (χ4n) is 5.04. The molecule has 2 aromatic rings. The topological polar surface area (TPSA) is 62.6 Å². The van der Waals surface area contributed by atoms with E-state index < -0.39 is 6.04 Å². The second-order valence-electron chi connectivity index (χ2n) is 8.27. The average Bonchev–Trinajstić information content (AvgIpc) is 3.23. The molecule has 0 radical (unpaired) electrons. The molecule has 1 unspecified atom stereocenters. The predicted molar refractivity (Wildman–Crippen MR) is 111 cm³/mol. The van der Waals surface area contributed by atoms with Gasteiger partial charge in [0.1, 0.15) is 11.8 Å². The number of carbonyl (C=O) groups excluding carboxylic acids is 2. The molecule has 1 aromatic carbocycles. The minimum absolute atomic E-state index is 0.00453. The molecule has 5 nitrogen and oxygen atoms in total. The van der Waals surface area contributed by atoms with Crippen LogP contribution in [0.5, 0.6) is 0 Å². The summed E-state index contributed by atoms with van der Waals surface area (Å²) in [6.07, 6.45) is 8.95. The first-order valence-electron chi connectivity index (χ1n) is 10.7. The van der Waals surface area contributed by atoms with Gasteiger partial charge in [0.2, 0.25) is 5.91 Å². The third-order valence-electron chi connectivity index (χ3n) is 6.44. The number of Topliss-reactive ketones (excluding diaryl/α,β-unsaturated/α-hetero) is 1. The van der Waals surface area contributed by atoms with Crippen LogP contribution in [0.4, 0.5) is 11.4 Å². The quantitative estimate of drug-likeness (QED) is 0.749. The minimum Gasteiger partial charge on any atom is -0.467 e. The van der Waals surface area contributed by atoms with Crippen LogP contribution >= 0.6 is 0 Å². The Kier molecular flexibility index (Phi) is 4.74. The van der Waals surface area contributed by atoms with Gasteiger partial charge in [-0.05, 0) is 49.9 Å². The molecule has 0 bridgehead atoms. The number of anilines is 2. The number of fused-ring (bicyclic) bond motifs is 1. The summed E-state index contributed by atoms with van der Waals surface area (Å²) in [5.41, 5.74) is 3.32. The van der Waals surface area contributed by atoms with Gasteiger partial charge in [-0.3, -0.25) is 14.5 Å².